The summed E-state index contributed by atoms with van der Waals surface area (Å²) in [7, 11) is 0. The molecule has 7 rings (SSSR count). The second-order valence-corrected chi connectivity index (χ2v) is 11.1. The zero-order valence-electron chi connectivity index (χ0n) is 22.4. The zero-order chi connectivity index (χ0) is 27.1. The van der Waals surface area contributed by atoms with Crippen LogP contribution < -0.4 is 4.90 Å². The average Bonchev–Trinajstić information content (AvgIpc) is 3.01. The summed E-state index contributed by atoms with van der Waals surface area (Å²) in [6.45, 7) is 0. The highest BCUT2D eigenvalue weighted by Gasteiger charge is 2.47. The molecule has 0 saturated heterocycles. The second-order valence-electron chi connectivity index (χ2n) is 11.1. The molecule has 2 aliphatic carbocycles. The summed E-state index contributed by atoms with van der Waals surface area (Å²) in [5.74, 6) is 0.159. The molecule has 0 unspecified atom stereocenters. The van der Waals surface area contributed by atoms with Gasteiger partial charge >= 0.3 is 0 Å². The van der Waals surface area contributed by atoms with Crippen LogP contribution >= 0.6 is 0 Å². The molecule has 0 N–H and O–H groups in total. The van der Waals surface area contributed by atoms with Gasteiger partial charge in [-0.25, -0.2) is 0 Å². The Morgan fingerprint density at radius 1 is 0.450 bits per heavy atom. The fraction of sp³-hybridized carbons (Fsp3) is 0.189. The summed E-state index contributed by atoms with van der Waals surface area (Å²) in [6.07, 6.45) is 2.42. The summed E-state index contributed by atoms with van der Waals surface area (Å²) >= 11 is 0. The van der Waals surface area contributed by atoms with E-state index in [2.05, 4.69) is 77.7 Å². The standard InChI is InChI=1S/C37H31NO2/c39-33-23-28(25-13-5-1-6-14-25)21-31-36(33)35(27-17-9-3-10-18-27)37-32(38(31)30-19-11-4-12-20-30)22-29(24-34(37)40)26-15-7-2-8-16-26/h1-20,28-29,35H,21-24H2/t28-,29-/m1/s1. The van der Waals surface area contributed by atoms with Crippen molar-refractivity contribution in [2.24, 2.45) is 0 Å². The van der Waals surface area contributed by atoms with E-state index >= 15 is 0 Å². The Balaban J connectivity index is 1.45. The lowest BCUT2D eigenvalue weighted by Gasteiger charge is -2.46. The van der Waals surface area contributed by atoms with E-state index in [0.29, 0.717) is 12.8 Å². The molecule has 40 heavy (non-hydrogen) atoms. The quantitative estimate of drug-likeness (QED) is 0.272. The van der Waals surface area contributed by atoms with Crippen molar-refractivity contribution in [3.8, 4) is 0 Å². The van der Waals surface area contributed by atoms with Crippen LogP contribution in [0.25, 0.3) is 0 Å². The van der Waals surface area contributed by atoms with Gasteiger partial charge < -0.3 is 4.90 Å². The number of allylic oxidation sites excluding steroid dienone is 4. The maximum Gasteiger partial charge on any atom is 0.162 e. The van der Waals surface area contributed by atoms with E-state index in [1.165, 1.54) is 11.1 Å². The lowest BCUT2D eigenvalue weighted by atomic mass is 9.67. The van der Waals surface area contributed by atoms with Gasteiger partial charge in [-0.3, -0.25) is 9.59 Å². The van der Waals surface area contributed by atoms with E-state index < -0.39 is 0 Å². The lowest BCUT2D eigenvalue weighted by molar-refractivity contribution is -0.117. The third-order valence-corrected chi connectivity index (χ3v) is 8.77. The van der Waals surface area contributed by atoms with Crippen LogP contribution in [-0.2, 0) is 9.59 Å². The highest BCUT2D eigenvalue weighted by atomic mass is 16.1. The highest BCUT2D eigenvalue weighted by Crippen LogP contribution is 2.54. The molecule has 0 fully saturated rings. The number of para-hydroxylation sites is 1. The Labute approximate surface area is 235 Å². The van der Waals surface area contributed by atoms with Gasteiger partial charge in [-0.2, -0.15) is 0 Å². The van der Waals surface area contributed by atoms with Gasteiger partial charge in [0.15, 0.2) is 11.6 Å². The van der Waals surface area contributed by atoms with Crippen LogP contribution in [0.15, 0.2) is 144 Å². The first-order chi connectivity index (χ1) is 19.7. The molecule has 196 valence electrons. The number of rotatable bonds is 4. The number of anilines is 1. The number of hydrogen-bond donors (Lipinski definition) is 0. The minimum atomic E-state index is -0.334. The van der Waals surface area contributed by atoms with Gasteiger partial charge in [0.05, 0.1) is 0 Å². The predicted molar refractivity (Wildman–Crippen MR) is 159 cm³/mol. The Morgan fingerprint density at radius 2 is 0.825 bits per heavy atom. The first-order valence-electron chi connectivity index (χ1n) is 14.2. The van der Waals surface area contributed by atoms with E-state index in [1.807, 2.05) is 48.5 Å². The molecule has 2 atom stereocenters. The number of ketones is 2. The number of Topliss-reactive ketones (excluding diaryl/α,β-unsaturated/α-hetero) is 2. The van der Waals surface area contributed by atoms with E-state index in [-0.39, 0.29) is 29.3 Å². The van der Waals surface area contributed by atoms with Crippen LogP contribution in [0.4, 0.5) is 5.69 Å². The molecule has 4 aromatic carbocycles. The van der Waals surface area contributed by atoms with Gasteiger partial charge in [0.25, 0.3) is 0 Å². The van der Waals surface area contributed by atoms with Crippen molar-refractivity contribution < 1.29 is 9.59 Å². The summed E-state index contributed by atoms with van der Waals surface area (Å²) in [5.41, 5.74) is 8.10. The second kappa shape index (κ2) is 10.2. The van der Waals surface area contributed by atoms with Gasteiger partial charge in [0, 0.05) is 47.0 Å². The summed E-state index contributed by atoms with van der Waals surface area (Å²) in [6, 6.07) is 41.3. The average molecular weight is 522 g/mol. The molecule has 4 aromatic rings. The SMILES string of the molecule is O=C1C[C@H](c2ccccc2)CC2=C1C(c1ccccc1)C1=C(C[C@@H](c3ccccc3)CC1=O)N2c1ccccc1. The van der Waals surface area contributed by atoms with Crippen LogP contribution in [0.2, 0.25) is 0 Å². The number of carbonyl (C=O) groups is 2. The van der Waals surface area contributed by atoms with E-state index in [9.17, 15) is 9.59 Å². The normalized spacial score (nSPS) is 21.4. The Morgan fingerprint density at radius 3 is 1.25 bits per heavy atom. The van der Waals surface area contributed by atoms with Crippen molar-refractivity contribution in [3.63, 3.8) is 0 Å². The molecule has 0 radical (unpaired) electrons. The number of carbonyl (C=O) groups excluding carboxylic acids is 2. The van der Waals surface area contributed by atoms with Gasteiger partial charge in [0.1, 0.15) is 0 Å². The third kappa shape index (κ3) is 4.23. The first kappa shape index (κ1) is 24.5. The smallest absolute Gasteiger partial charge is 0.162 e. The van der Waals surface area contributed by atoms with Crippen LogP contribution in [0.3, 0.4) is 0 Å². The topological polar surface area (TPSA) is 37.4 Å². The minimum absolute atomic E-state index is 0.0986. The van der Waals surface area contributed by atoms with Gasteiger partial charge in [-0.05, 0) is 53.5 Å². The number of benzene rings is 4. The molecule has 1 heterocycles. The van der Waals surface area contributed by atoms with Crippen LogP contribution in [0.1, 0.15) is 60.1 Å². The van der Waals surface area contributed by atoms with E-state index in [4.69, 9.17) is 0 Å². The van der Waals surface area contributed by atoms with Crippen LogP contribution in [0.5, 0.6) is 0 Å². The van der Waals surface area contributed by atoms with Gasteiger partial charge in [-0.15, -0.1) is 0 Å². The Bertz CT molecular complexity index is 1540. The molecule has 0 saturated carbocycles. The van der Waals surface area contributed by atoms with Crippen molar-refractivity contribution >= 4 is 17.3 Å². The van der Waals surface area contributed by atoms with Gasteiger partial charge in [0.2, 0.25) is 0 Å². The summed E-state index contributed by atoms with van der Waals surface area (Å²) in [4.78, 5) is 30.7. The number of nitrogens with zero attached hydrogens (tertiary/aromatic N) is 1. The van der Waals surface area contributed by atoms with Crippen molar-refractivity contribution in [3.05, 3.63) is 161 Å². The van der Waals surface area contributed by atoms with Crippen molar-refractivity contribution in [1.82, 2.24) is 0 Å². The summed E-state index contributed by atoms with van der Waals surface area (Å²) in [5, 5.41) is 0. The zero-order valence-corrected chi connectivity index (χ0v) is 22.4. The molecule has 0 bridgehead atoms. The fourth-order valence-corrected chi connectivity index (χ4v) is 7.00. The van der Waals surface area contributed by atoms with Crippen molar-refractivity contribution in [1.29, 1.82) is 0 Å². The van der Waals surface area contributed by atoms with Gasteiger partial charge in [-0.1, -0.05) is 109 Å². The fourth-order valence-electron chi connectivity index (χ4n) is 7.00. The van der Waals surface area contributed by atoms with Crippen LogP contribution in [0, 0.1) is 0 Å². The number of hydrogen-bond acceptors (Lipinski definition) is 3. The molecule has 3 nitrogen and oxygen atoms in total. The lowest BCUT2D eigenvalue weighted by Crippen LogP contribution is -2.41. The van der Waals surface area contributed by atoms with Crippen molar-refractivity contribution in [2.45, 2.75) is 43.4 Å². The molecule has 3 aliphatic rings. The maximum atomic E-state index is 14.2. The molecule has 1 aliphatic heterocycles. The van der Waals surface area contributed by atoms with E-state index in [0.717, 1.165) is 46.6 Å². The molecule has 3 heteroatoms. The molecular formula is C37H31NO2. The summed E-state index contributed by atoms with van der Waals surface area (Å²) < 4.78 is 0. The van der Waals surface area contributed by atoms with E-state index in [1.54, 1.807) is 0 Å². The molecule has 0 spiro atoms. The molecule has 0 aromatic heterocycles. The Hall–Kier alpha value is -4.50. The Kier molecular flexibility index (Phi) is 6.28. The maximum absolute atomic E-state index is 14.2. The predicted octanol–water partition coefficient (Wildman–Crippen LogP) is 8.09. The molecule has 0 amide bonds. The first-order valence-corrected chi connectivity index (χ1v) is 14.2. The third-order valence-electron chi connectivity index (χ3n) is 8.77. The minimum Gasteiger partial charge on any atom is -0.317 e. The van der Waals surface area contributed by atoms with Crippen molar-refractivity contribution in [2.75, 3.05) is 4.90 Å². The van der Waals surface area contributed by atoms with Crippen LogP contribution in [-0.4, -0.2) is 11.6 Å². The monoisotopic (exact) mass is 521 g/mol. The molecular weight excluding hydrogens is 490 g/mol. The highest BCUT2D eigenvalue weighted by molar-refractivity contribution is 6.08. The largest absolute Gasteiger partial charge is 0.317 e.